The van der Waals surface area contributed by atoms with Crippen LogP contribution in [0.4, 0.5) is 0 Å². The number of aryl methyl sites for hydroxylation is 1. The third-order valence-corrected chi connectivity index (χ3v) is 2.94. The van der Waals surface area contributed by atoms with Crippen LogP contribution in [0.2, 0.25) is 0 Å². The van der Waals surface area contributed by atoms with Gasteiger partial charge in [0.2, 0.25) is 0 Å². The summed E-state index contributed by atoms with van der Waals surface area (Å²) in [6.45, 7) is 2.77. The van der Waals surface area contributed by atoms with Crippen LogP contribution in [0.25, 0.3) is 0 Å². The standard InChI is InChI=1S/C12H20N2O2/c1-13-5-2-3-11-8-14-12(16-11)7-10-4-6-15-9-10/h8,10,13H,2-7,9H2,1H3. The molecule has 0 radical (unpaired) electrons. The predicted molar refractivity (Wildman–Crippen MR) is 61.4 cm³/mol. The highest BCUT2D eigenvalue weighted by Gasteiger charge is 2.18. The van der Waals surface area contributed by atoms with Gasteiger partial charge in [0.05, 0.1) is 6.20 Å². The van der Waals surface area contributed by atoms with Crippen molar-refractivity contribution >= 4 is 0 Å². The van der Waals surface area contributed by atoms with Gasteiger partial charge < -0.3 is 14.5 Å². The maximum atomic E-state index is 5.70. The predicted octanol–water partition coefficient (Wildman–Crippen LogP) is 1.41. The summed E-state index contributed by atoms with van der Waals surface area (Å²) < 4.78 is 11.0. The highest BCUT2D eigenvalue weighted by molar-refractivity contribution is 4.95. The SMILES string of the molecule is CNCCCc1cnc(CC2CCOC2)o1. The number of rotatable bonds is 6. The maximum absolute atomic E-state index is 5.70. The van der Waals surface area contributed by atoms with Crippen molar-refractivity contribution in [3.8, 4) is 0 Å². The molecule has 90 valence electrons. The third-order valence-electron chi connectivity index (χ3n) is 2.94. The van der Waals surface area contributed by atoms with E-state index in [1.54, 1.807) is 0 Å². The molecule has 0 aromatic carbocycles. The Morgan fingerprint density at radius 2 is 2.50 bits per heavy atom. The molecule has 1 aliphatic heterocycles. The lowest BCUT2D eigenvalue weighted by molar-refractivity contribution is 0.184. The number of oxazole rings is 1. The molecule has 0 spiro atoms. The minimum atomic E-state index is 0.601. The molecule has 1 atom stereocenters. The Morgan fingerprint density at radius 1 is 1.56 bits per heavy atom. The average Bonchev–Trinajstić information content (AvgIpc) is 2.91. The number of ether oxygens (including phenoxy) is 1. The van der Waals surface area contributed by atoms with Gasteiger partial charge in [-0.1, -0.05) is 0 Å². The van der Waals surface area contributed by atoms with Crippen LogP contribution in [0.15, 0.2) is 10.6 Å². The summed E-state index contributed by atoms with van der Waals surface area (Å²) in [4.78, 5) is 4.32. The van der Waals surface area contributed by atoms with Crippen molar-refractivity contribution in [1.82, 2.24) is 10.3 Å². The molecule has 2 rings (SSSR count). The molecular formula is C12H20N2O2. The topological polar surface area (TPSA) is 47.3 Å². The van der Waals surface area contributed by atoms with E-state index in [9.17, 15) is 0 Å². The second-order valence-corrected chi connectivity index (χ2v) is 4.36. The molecule has 16 heavy (non-hydrogen) atoms. The fraction of sp³-hybridized carbons (Fsp3) is 0.750. The molecule has 2 heterocycles. The Hall–Kier alpha value is -0.870. The van der Waals surface area contributed by atoms with E-state index in [1.165, 1.54) is 0 Å². The van der Waals surface area contributed by atoms with Crippen LogP contribution >= 0.6 is 0 Å². The van der Waals surface area contributed by atoms with Gasteiger partial charge >= 0.3 is 0 Å². The fourth-order valence-corrected chi connectivity index (χ4v) is 1.99. The molecule has 4 nitrogen and oxygen atoms in total. The second-order valence-electron chi connectivity index (χ2n) is 4.36. The van der Waals surface area contributed by atoms with Gasteiger partial charge in [0.25, 0.3) is 0 Å². The van der Waals surface area contributed by atoms with Gasteiger partial charge in [0, 0.05) is 26.1 Å². The van der Waals surface area contributed by atoms with Gasteiger partial charge in [-0.25, -0.2) is 4.98 Å². The summed E-state index contributed by atoms with van der Waals surface area (Å²) in [5.41, 5.74) is 0. The summed E-state index contributed by atoms with van der Waals surface area (Å²) in [7, 11) is 1.96. The lowest BCUT2D eigenvalue weighted by Gasteiger charge is -2.02. The quantitative estimate of drug-likeness (QED) is 0.742. The van der Waals surface area contributed by atoms with Gasteiger partial charge in [-0.2, -0.15) is 0 Å². The molecule has 1 fully saturated rings. The average molecular weight is 224 g/mol. The van der Waals surface area contributed by atoms with Crippen LogP contribution in [-0.4, -0.2) is 31.8 Å². The summed E-state index contributed by atoms with van der Waals surface area (Å²) in [6.07, 6.45) is 5.98. The number of hydrogen-bond donors (Lipinski definition) is 1. The van der Waals surface area contributed by atoms with Crippen LogP contribution < -0.4 is 5.32 Å². The van der Waals surface area contributed by atoms with Crippen molar-refractivity contribution < 1.29 is 9.15 Å². The molecule has 0 aliphatic carbocycles. The van der Waals surface area contributed by atoms with E-state index in [2.05, 4.69) is 10.3 Å². The van der Waals surface area contributed by atoms with E-state index in [4.69, 9.17) is 9.15 Å². The minimum Gasteiger partial charge on any atom is -0.446 e. The Kier molecular flexibility index (Phi) is 4.36. The zero-order chi connectivity index (χ0) is 11.2. The molecule has 4 heteroatoms. The first-order chi connectivity index (χ1) is 7.88. The number of hydrogen-bond acceptors (Lipinski definition) is 4. The normalized spacial score (nSPS) is 20.4. The number of nitrogens with one attached hydrogen (secondary N) is 1. The summed E-state index contributed by atoms with van der Waals surface area (Å²) in [6, 6.07) is 0. The third kappa shape index (κ3) is 3.32. The molecular weight excluding hydrogens is 204 g/mol. The fourth-order valence-electron chi connectivity index (χ4n) is 1.99. The Morgan fingerprint density at radius 3 is 3.25 bits per heavy atom. The molecule has 1 N–H and O–H groups in total. The summed E-state index contributed by atoms with van der Waals surface area (Å²) in [5, 5.41) is 3.12. The van der Waals surface area contributed by atoms with Gasteiger partial charge in [0.15, 0.2) is 5.89 Å². The lowest BCUT2D eigenvalue weighted by atomic mass is 10.1. The molecule has 1 unspecified atom stereocenters. The van der Waals surface area contributed by atoms with Crippen molar-refractivity contribution in [2.24, 2.45) is 5.92 Å². The lowest BCUT2D eigenvalue weighted by Crippen LogP contribution is -2.08. The van der Waals surface area contributed by atoms with Crippen molar-refractivity contribution in [3.05, 3.63) is 17.8 Å². The van der Waals surface area contributed by atoms with Crippen LogP contribution in [0.3, 0.4) is 0 Å². The smallest absolute Gasteiger partial charge is 0.194 e. The van der Waals surface area contributed by atoms with Crippen LogP contribution in [0.1, 0.15) is 24.5 Å². The van der Waals surface area contributed by atoms with E-state index in [0.717, 1.165) is 57.1 Å². The molecule has 0 bridgehead atoms. The first-order valence-corrected chi connectivity index (χ1v) is 6.04. The first-order valence-electron chi connectivity index (χ1n) is 6.04. The monoisotopic (exact) mass is 224 g/mol. The molecule has 1 aromatic heterocycles. The van der Waals surface area contributed by atoms with Crippen molar-refractivity contribution in [2.75, 3.05) is 26.8 Å². The molecule has 1 saturated heterocycles. The van der Waals surface area contributed by atoms with Crippen molar-refractivity contribution in [1.29, 1.82) is 0 Å². The second kappa shape index (κ2) is 6.01. The molecule has 0 amide bonds. The minimum absolute atomic E-state index is 0.601. The Labute approximate surface area is 96.4 Å². The Balaban J connectivity index is 1.77. The van der Waals surface area contributed by atoms with Crippen LogP contribution in [0.5, 0.6) is 0 Å². The highest BCUT2D eigenvalue weighted by Crippen LogP contribution is 2.18. The van der Waals surface area contributed by atoms with Crippen molar-refractivity contribution in [3.63, 3.8) is 0 Å². The molecule has 1 aliphatic rings. The maximum Gasteiger partial charge on any atom is 0.194 e. The van der Waals surface area contributed by atoms with E-state index in [-0.39, 0.29) is 0 Å². The number of nitrogens with zero attached hydrogens (tertiary/aromatic N) is 1. The Bertz CT molecular complexity index is 306. The summed E-state index contributed by atoms with van der Waals surface area (Å²) in [5.74, 6) is 2.47. The van der Waals surface area contributed by atoms with Gasteiger partial charge in [-0.05, 0) is 32.4 Å². The zero-order valence-electron chi connectivity index (χ0n) is 9.87. The van der Waals surface area contributed by atoms with Crippen LogP contribution in [0, 0.1) is 5.92 Å². The largest absolute Gasteiger partial charge is 0.446 e. The molecule has 1 aromatic rings. The van der Waals surface area contributed by atoms with Crippen LogP contribution in [-0.2, 0) is 17.6 Å². The van der Waals surface area contributed by atoms with E-state index < -0.39 is 0 Å². The zero-order valence-corrected chi connectivity index (χ0v) is 9.87. The van der Waals surface area contributed by atoms with E-state index in [1.807, 2.05) is 13.2 Å². The van der Waals surface area contributed by atoms with E-state index >= 15 is 0 Å². The molecule has 0 saturated carbocycles. The first kappa shape index (κ1) is 11.6. The van der Waals surface area contributed by atoms with Gasteiger partial charge in [0.1, 0.15) is 5.76 Å². The van der Waals surface area contributed by atoms with Crippen molar-refractivity contribution in [2.45, 2.75) is 25.7 Å². The number of aromatic nitrogens is 1. The van der Waals surface area contributed by atoms with E-state index in [0.29, 0.717) is 5.92 Å². The van der Waals surface area contributed by atoms with Gasteiger partial charge in [-0.15, -0.1) is 0 Å². The highest BCUT2D eigenvalue weighted by atomic mass is 16.5. The van der Waals surface area contributed by atoms with Gasteiger partial charge in [-0.3, -0.25) is 0 Å². The summed E-state index contributed by atoms with van der Waals surface area (Å²) >= 11 is 0.